The van der Waals surface area contributed by atoms with E-state index in [9.17, 15) is 0 Å². The highest BCUT2D eigenvalue weighted by Gasteiger charge is 2.09. The van der Waals surface area contributed by atoms with E-state index in [1.165, 1.54) is 7.11 Å². The van der Waals surface area contributed by atoms with Crippen LogP contribution in [-0.2, 0) is 0 Å². The molecule has 1 heterocycles. The zero-order valence-corrected chi connectivity index (χ0v) is 5.92. The van der Waals surface area contributed by atoms with E-state index in [1.807, 2.05) is 6.92 Å². The molecule has 0 N–H and O–H groups in total. The van der Waals surface area contributed by atoms with E-state index >= 15 is 0 Å². The lowest BCUT2D eigenvalue weighted by Crippen LogP contribution is -1.86. The molecule has 0 amide bonds. The molecule has 10 heavy (non-hydrogen) atoms. The van der Waals surface area contributed by atoms with Crippen molar-refractivity contribution in [2.45, 2.75) is 6.92 Å². The van der Waals surface area contributed by atoms with Gasteiger partial charge in [0, 0.05) is 0 Å². The first-order chi connectivity index (χ1) is 4.75. The number of nitrogens with zero attached hydrogens (tertiary/aromatic N) is 2. The van der Waals surface area contributed by atoms with E-state index in [2.05, 4.69) is 21.5 Å². The van der Waals surface area contributed by atoms with Crippen molar-refractivity contribution in [2.75, 3.05) is 7.11 Å². The number of hydrogen-bond acceptors (Lipinski definition) is 4. The van der Waals surface area contributed by atoms with Crippen molar-refractivity contribution in [1.82, 2.24) is 10.3 Å². The maximum atomic E-state index is 4.82. The van der Waals surface area contributed by atoms with Crippen molar-refractivity contribution in [3.05, 3.63) is 12.3 Å². The summed E-state index contributed by atoms with van der Waals surface area (Å²) in [7, 11) is 1.51. The fraction of sp³-hybridized carbons (Fsp3) is 0.333. The van der Waals surface area contributed by atoms with E-state index < -0.39 is 0 Å². The number of hydrogen-bond donors (Lipinski definition) is 0. The van der Waals surface area contributed by atoms with Crippen LogP contribution in [0.3, 0.4) is 0 Å². The molecule has 0 aromatic carbocycles. The van der Waals surface area contributed by atoms with E-state index in [4.69, 9.17) is 4.74 Å². The Morgan fingerprint density at radius 2 is 2.30 bits per heavy atom. The zero-order chi connectivity index (χ0) is 7.56. The summed E-state index contributed by atoms with van der Waals surface area (Å²) < 4.78 is 9.23. The average molecular weight is 140 g/mol. The van der Waals surface area contributed by atoms with E-state index in [-0.39, 0.29) is 0 Å². The van der Waals surface area contributed by atoms with E-state index in [0.717, 1.165) is 5.57 Å². The first-order valence-corrected chi connectivity index (χ1v) is 2.78. The second-order valence-electron chi connectivity index (χ2n) is 1.90. The molecule has 0 unspecified atom stereocenters. The van der Waals surface area contributed by atoms with Crippen LogP contribution in [0.5, 0.6) is 5.88 Å². The summed E-state index contributed by atoms with van der Waals surface area (Å²) in [5.41, 5.74) is 1.35. The van der Waals surface area contributed by atoms with Gasteiger partial charge in [-0.3, -0.25) is 0 Å². The monoisotopic (exact) mass is 140 g/mol. The molecule has 4 heteroatoms. The van der Waals surface area contributed by atoms with Crippen LogP contribution in [0.25, 0.3) is 5.57 Å². The van der Waals surface area contributed by atoms with Crippen molar-refractivity contribution < 1.29 is 9.37 Å². The maximum absolute atomic E-state index is 4.82. The third-order valence-corrected chi connectivity index (χ3v) is 1.06. The van der Waals surface area contributed by atoms with E-state index in [1.54, 1.807) is 0 Å². The summed E-state index contributed by atoms with van der Waals surface area (Å²) in [4.78, 5) is 0. The Morgan fingerprint density at radius 1 is 1.60 bits per heavy atom. The third kappa shape index (κ3) is 1.00. The molecule has 0 atom stereocenters. The van der Waals surface area contributed by atoms with Gasteiger partial charge in [-0.1, -0.05) is 6.58 Å². The van der Waals surface area contributed by atoms with Gasteiger partial charge in [-0.05, 0) is 22.8 Å². The van der Waals surface area contributed by atoms with Crippen LogP contribution in [0, 0.1) is 0 Å². The molecule has 0 spiro atoms. The summed E-state index contributed by atoms with van der Waals surface area (Å²) in [5, 5.41) is 7.06. The van der Waals surface area contributed by atoms with Gasteiger partial charge in [-0.2, -0.15) is 0 Å². The van der Waals surface area contributed by atoms with Crippen molar-refractivity contribution in [3.63, 3.8) is 0 Å². The number of allylic oxidation sites excluding steroid dienone is 1. The third-order valence-electron chi connectivity index (χ3n) is 1.06. The van der Waals surface area contributed by atoms with Gasteiger partial charge in [-0.15, -0.1) is 0 Å². The largest absolute Gasteiger partial charge is 0.477 e. The average Bonchev–Trinajstić information content (AvgIpc) is 2.33. The Morgan fingerprint density at radius 3 is 2.70 bits per heavy atom. The Kier molecular flexibility index (Phi) is 1.71. The van der Waals surface area contributed by atoms with Crippen LogP contribution in [0.2, 0.25) is 0 Å². The lowest BCUT2D eigenvalue weighted by atomic mass is 10.3. The van der Waals surface area contributed by atoms with Crippen LogP contribution in [0.4, 0.5) is 0 Å². The SMILES string of the molecule is C=C(C)c1nonc1OC. The van der Waals surface area contributed by atoms with Crippen molar-refractivity contribution in [3.8, 4) is 5.88 Å². The maximum Gasteiger partial charge on any atom is 0.283 e. The Labute approximate surface area is 58.5 Å². The Balaban J connectivity index is 3.01. The minimum absolute atomic E-state index is 0.382. The second-order valence-corrected chi connectivity index (χ2v) is 1.90. The smallest absolute Gasteiger partial charge is 0.283 e. The molecule has 1 aromatic heterocycles. The normalized spacial score (nSPS) is 9.40. The predicted molar refractivity (Wildman–Crippen MR) is 35.6 cm³/mol. The molecule has 0 saturated carbocycles. The Bertz CT molecular complexity index is 242. The van der Waals surface area contributed by atoms with Crippen LogP contribution >= 0.6 is 0 Å². The topological polar surface area (TPSA) is 48.2 Å². The lowest BCUT2D eigenvalue weighted by molar-refractivity contribution is 0.281. The van der Waals surface area contributed by atoms with Gasteiger partial charge in [0.2, 0.25) is 0 Å². The van der Waals surface area contributed by atoms with E-state index in [0.29, 0.717) is 11.6 Å². The van der Waals surface area contributed by atoms with Gasteiger partial charge >= 0.3 is 0 Å². The van der Waals surface area contributed by atoms with Gasteiger partial charge in [0.1, 0.15) is 0 Å². The highest BCUT2D eigenvalue weighted by Crippen LogP contribution is 2.18. The summed E-state index contributed by atoms with van der Waals surface area (Å²) in [6.07, 6.45) is 0. The molecule has 1 aromatic rings. The van der Waals surface area contributed by atoms with Crippen molar-refractivity contribution in [2.24, 2.45) is 0 Å². The van der Waals surface area contributed by atoms with Crippen LogP contribution < -0.4 is 4.74 Å². The van der Waals surface area contributed by atoms with Crippen molar-refractivity contribution >= 4 is 5.57 Å². The molecule has 0 aliphatic rings. The molecular weight excluding hydrogens is 132 g/mol. The predicted octanol–water partition coefficient (Wildman–Crippen LogP) is 1.11. The molecule has 4 nitrogen and oxygen atoms in total. The second kappa shape index (κ2) is 2.51. The van der Waals surface area contributed by atoms with Gasteiger partial charge in [0.15, 0.2) is 5.69 Å². The molecule has 0 aliphatic carbocycles. The number of methoxy groups -OCH3 is 1. The quantitative estimate of drug-likeness (QED) is 0.617. The van der Waals surface area contributed by atoms with Gasteiger partial charge in [-0.25, -0.2) is 4.63 Å². The number of aromatic nitrogens is 2. The van der Waals surface area contributed by atoms with Crippen LogP contribution in [0.15, 0.2) is 11.2 Å². The van der Waals surface area contributed by atoms with Gasteiger partial charge < -0.3 is 4.74 Å². The lowest BCUT2D eigenvalue weighted by Gasteiger charge is -1.92. The molecular formula is C6H8N2O2. The van der Waals surface area contributed by atoms with Crippen LogP contribution in [0.1, 0.15) is 12.6 Å². The molecule has 0 saturated heterocycles. The number of rotatable bonds is 2. The molecule has 1 rings (SSSR count). The Hall–Kier alpha value is -1.32. The molecule has 0 aliphatic heterocycles. The molecule has 0 radical (unpaired) electrons. The molecule has 0 fully saturated rings. The first-order valence-electron chi connectivity index (χ1n) is 2.78. The summed E-state index contributed by atoms with van der Waals surface area (Å²) >= 11 is 0. The van der Waals surface area contributed by atoms with Crippen LogP contribution in [-0.4, -0.2) is 17.4 Å². The molecule has 54 valence electrons. The molecule has 0 bridgehead atoms. The van der Waals surface area contributed by atoms with Crippen molar-refractivity contribution in [1.29, 1.82) is 0 Å². The minimum Gasteiger partial charge on any atom is -0.477 e. The highest BCUT2D eigenvalue weighted by molar-refractivity contribution is 5.60. The summed E-state index contributed by atoms with van der Waals surface area (Å²) in [6.45, 7) is 5.47. The standard InChI is InChI=1S/C6H8N2O2/c1-4(2)5-6(9-3)8-10-7-5/h1H2,2-3H3. The van der Waals surface area contributed by atoms with Gasteiger partial charge in [0.05, 0.1) is 7.11 Å². The van der Waals surface area contributed by atoms with Gasteiger partial charge in [0.25, 0.3) is 5.88 Å². The summed E-state index contributed by atoms with van der Waals surface area (Å²) in [5.74, 6) is 0.382. The highest BCUT2D eigenvalue weighted by atomic mass is 16.6. The summed E-state index contributed by atoms with van der Waals surface area (Å²) in [6, 6.07) is 0. The number of ether oxygens (including phenoxy) is 1. The zero-order valence-electron chi connectivity index (χ0n) is 5.92. The fourth-order valence-corrected chi connectivity index (χ4v) is 0.575. The fourth-order valence-electron chi connectivity index (χ4n) is 0.575. The minimum atomic E-state index is 0.382. The first kappa shape index (κ1) is 6.80.